The molecule has 0 aliphatic carbocycles. The van der Waals surface area contributed by atoms with Crippen LogP contribution in [0.25, 0.3) is 10.9 Å². The number of fused-ring (bicyclic) bond motifs is 1. The molecule has 1 N–H and O–H groups in total. The van der Waals surface area contributed by atoms with Crippen molar-refractivity contribution in [3.63, 3.8) is 0 Å². The fourth-order valence-corrected chi connectivity index (χ4v) is 3.28. The predicted octanol–water partition coefficient (Wildman–Crippen LogP) is 3.18. The fraction of sp³-hybridized carbons (Fsp3) is 0.286. The molecule has 3 rings (SSSR count). The molecule has 0 atom stereocenters. The number of aromatic nitrogens is 1. The summed E-state index contributed by atoms with van der Waals surface area (Å²) in [6.45, 7) is 0.509. The molecule has 2 aromatic carbocycles. The Kier molecular flexibility index (Phi) is 5.54. The van der Waals surface area contributed by atoms with Crippen molar-refractivity contribution in [2.75, 3.05) is 27.9 Å². The summed E-state index contributed by atoms with van der Waals surface area (Å²) in [5, 5.41) is 3.82. The monoisotopic (exact) mass is 368 g/mol. The zero-order valence-corrected chi connectivity index (χ0v) is 16.0. The standard InChI is InChI=1S/C21H24N2O4/c1-23-16(13-15-18(26-3)9-10-19(27-4)20(15)23)21(24)22-12-11-14-7-5-6-8-17(14)25-2/h5-10,13H,11-12H2,1-4H3,(H,22,24). The first-order chi connectivity index (χ1) is 13.1. The molecular weight excluding hydrogens is 344 g/mol. The molecule has 0 radical (unpaired) electrons. The second-order valence-electron chi connectivity index (χ2n) is 6.14. The number of amides is 1. The lowest BCUT2D eigenvalue weighted by molar-refractivity contribution is 0.0946. The van der Waals surface area contributed by atoms with E-state index in [9.17, 15) is 4.79 Å². The van der Waals surface area contributed by atoms with Crippen LogP contribution in [0.4, 0.5) is 0 Å². The quantitative estimate of drug-likeness (QED) is 0.696. The van der Waals surface area contributed by atoms with Gasteiger partial charge in [0.05, 0.1) is 26.8 Å². The van der Waals surface area contributed by atoms with Crippen LogP contribution in [-0.4, -0.2) is 38.3 Å². The molecule has 0 bridgehead atoms. The van der Waals surface area contributed by atoms with E-state index in [2.05, 4.69) is 5.32 Å². The first kappa shape index (κ1) is 18.6. The number of hydrogen-bond donors (Lipinski definition) is 1. The van der Waals surface area contributed by atoms with Crippen molar-refractivity contribution in [1.29, 1.82) is 0 Å². The molecule has 0 spiro atoms. The largest absolute Gasteiger partial charge is 0.496 e. The third-order valence-electron chi connectivity index (χ3n) is 4.66. The number of aryl methyl sites for hydroxylation is 1. The highest BCUT2D eigenvalue weighted by molar-refractivity contribution is 6.02. The maximum Gasteiger partial charge on any atom is 0.267 e. The molecule has 142 valence electrons. The summed E-state index contributed by atoms with van der Waals surface area (Å²) in [6.07, 6.45) is 0.687. The van der Waals surface area contributed by atoms with Gasteiger partial charge in [0.15, 0.2) is 0 Å². The lowest BCUT2D eigenvalue weighted by Crippen LogP contribution is -2.27. The lowest BCUT2D eigenvalue weighted by Gasteiger charge is -2.10. The predicted molar refractivity (Wildman–Crippen MR) is 105 cm³/mol. The summed E-state index contributed by atoms with van der Waals surface area (Å²) in [5.41, 5.74) is 2.43. The van der Waals surface area contributed by atoms with E-state index < -0.39 is 0 Å². The molecule has 0 aliphatic heterocycles. The number of nitrogens with zero attached hydrogens (tertiary/aromatic N) is 1. The Hall–Kier alpha value is -3.15. The van der Waals surface area contributed by atoms with Crippen molar-refractivity contribution >= 4 is 16.8 Å². The number of methoxy groups -OCH3 is 3. The van der Waals surface area contributed by atoms with Gasteiger partial charge in [0.25, 0.3) is 5.91 Å². The second-order valence-corrected chi connectivity index (χ2v) is 6.14. The second kappa shape index (κ2) is 8.03. The van der Waals surface area contributed by atoms with Crippen LogP contribution in [0.1, 0.15) is 16.1 Å². The molecular formula is C21H24N2O4. The van der Waals surface area contributed by atoms with Gasteiger partial charge in [-0.2, -0.15) is 0 Å². The highest BCUT2D eigenvalue weighted by Crippen LogP contribution is 2.35. The van der Waals surface area contributed by atoms with Crippen molar-refractivity contribution in [2.24, 2.45) is 7.05 Å². The van der Waals surface area contributed by atoms with E-state index in [1.54, 1.807) is 21.3 Å². The van der Waals surface area contributed by atoms with Gasteiger partial charge in [-0.25, -0.2) is 0 Å². The van der Waals surface area contributed by atoms with Gasteiger partial charge >= 0.3 is 0 Å². The number of ether oxygens (including phenoxy) is 3. The van der Waals surface area contributed by atoms with Crippen molar-refractivity contribution in [2.45, 2.75) is 6.42 Å². The minimum atomic E-state index is -0.146. The number of carbonyl (C=O) groups is 1. The molecule has 0 saturated carbocycles. The molecule has 0 saturated heterocycles. The highest BCUT2D eigenvalue weighted by atomic mass is 16.5. The summed E-state index contributed by atoms with van der Waals surface area (Å²) < 4.78 is 18.0. The lowest BCUT2D eigenvalue weighted by atomic mass is 10.1. The van der Waals surface area contributed by atoms with Crippen LogP contribution in [0.3, 0.4) is 0 Å². The first-order valence-corrected chi connectivity index (χ1v) is 8.71. The topological polar surface area (TPSA) is 61.7 Å². The fourth-order valence-electron chi connectivity index (χ4n) is 3.28. The maximum atomic E-state index is 12.7. The summed E-state index contributed by atoms with van der Waals surface area (Å²) in [5.74, 6) is 2.08. The van der Waals surface area contributed by atoms with E-state index in [1.807, 2.05) is 54.1 Å². The van der Waals surface area contributed by atoms with Crippen LogP contribution >= 0.6 is 0 Å². The molecule has 1 amide bonds. The van der Waals surface area contributed by atoms with Crippen molar-refractivity contribution in [3.05, 3.63) is 53.7 Å². The van der Waals surface area contributed by atoms with Gasteiger partial charge in [-0.1, -0.05) is 18.2 Å². The molecule has 1 heterocycles. The maximum absolute atomic E-state index is 12.7. The van der Waals surface area contributed by atoms with Gasteiger partial charge in [0.2, 0.25) is 0 Å². The van der Waals surface area contributed by atoms with Crippen LogP contribution in [0, 0.1) is 0 Å². The van der Waals surface area contributed by atoms with Gasteiger partial charge in [-0.3, -0.25) is 4.79 Å². The Morgan fingerprint density at radius 3 is 2.33 bits per heavy atom. The molecule has 0 unspecified atom stereocenters. The number of para-hydroxylation sites is 1. The molecule has 3 aromatic rings. The van der Waals surface area contributed by atoms with Crippen molar-refractivity contribution in [1.82, 2.24) is 9.88 Å². The van der Waals surface area contributed by atoms with Crippen LogP contribution in [0.15, 0.2) is 42.5 Å². The highest BCUT2D eigenvalue weighted by Gasteiger charge is 2.18. The van der Waals surface area contributed by atoms with E-state index in [0.29, 0.717) is 30.2 Å². The van der Waals surface area contributed by atoms with E-state index in [4.69, 9.17) is 14.2 Å². The Morgan fingerprint density at radius 1 is 0.963 bits per heavy atom. The van der Waals surface area contributed by atoms with E-state index in [0.717, 1.165) is 22.2 Å². The summed E-state index contributed by atoms with van der Waals surface area (Å²) in [6, 6.07) is 13.3. The number of rotatable bonds is 7. The average Bonchev–Trinajstić information content (AvgIpc) is 3.05. The SMILES string of the molecule is COc1ccccc1CCNC(=O)c1cc2c(OC)ccc(OC)c2n1C. The van der Waals surface area contributed by atoms with Gasteiger partial charge < -0.3 is 24.1 Å². The molecule has 0 aliphatic rings. The number of hydrogen-bond acceptors (Lipinski definition) is 4. The summed E-state index contributed by atoms with van der Waals surface area (Å²) in [7, 11) is 6.72. The average molecular weight is 368 g/mol. The Balaban J connectivity index is 1.81. The molecule has 0 fully saturated rings. The van der Waals surface area contributed by atoms with Gasteiger partial charge in [-0.05, 0) is 36.2 Å². The normalized spacial score (nSPS) is 10.7. The molecule has 1 aromatic heterocycles. The smallest absolute Gasteiger partial charge is 0.267 e. The van der Waals surface area contributed by atoms with Gasteiger partial charge in [-0.15, -0.1) is 0 Å². The Morgan fingerprint density at radius 2 is 1.63 bits per heavy atom. The molecule has 6 heteroatoms. The molecule has 27 heavy (non-hydrogen) atoms. The first-order valence-electron chi connectivity index (χ1n) is 8.71. The zero-order valence-electron chi connectivity index (χ0n) is 16.0. The minimum absolute atomic E-state index is 0.146. The van der Waals surface area contributed by atoms with E-state index in [1.165, 1.54) is 0 Å². The number of carbonyl (C=O) groups excluding carboxylic acids is 1. The number of nitrogens with one attached hydrogen (secondary N) is 1. The third-order valence-corrected chi connectivity index (χ3v) is 4.66. The van der Waals surface area contributed by atoms with Crippen molar-refractivity contribution < 1.29 is 19.0 Å². The number of benzene rings is 2. The van der Waals surface area contributed by atoms with E-state index >= 15 is 0 Å². The van der Waals surface area contributed by atoms with Crippen LogP contribution in [0.2, 0.25) is 0 Å². The molecule has 6 nitrogen and oxygen atoms in total. The Bertz CT molecular complexity index is 962. The summed E-state index contributed by atoms with van der Waals surface area (Å²) in [4.78, 5) is 12.7. The van der Waals surface area contributed by atoms with Crippen LogP contribution < -0.4 is 19.5 Å². The van der Waals surface area contributed by atoms with Crippen LogP contribution in [-0.2, 0) is 13.5 Å². The summed E-state index contributed by atoms with van der Waals surface area (Å²) >= 11 is 0. The minimum Gasteiger partial charge on any atom is -0.496 e. The van der Waals surface area contributed by atoms with Crippen LogP contribution in [0.5, 0.6) is 17.2 Å². The third kappa shape index (κ3) is 3.56. The van der Waals surface area contributed by atoms with Crippen molar-refractivity contribution in [3.8, 4) is 17.2 Å². The van der Waals surface area contributed by atoms with Gasteiger partial charge in [0, 0.05) is 19.0 Å². The Labute approximate surface area is 158 Å². The zero-order chi connectivity index (χ0) is 19.4. The van der Waals surface area contributed by atoms with E-state index in [-0.39, 0.29) is 5.91 Å². The van der Waals surface area contributed by atoms with Gasteiger partial charge in [0.1, 0.15) is 22.9 Å².